The number of hydrogen-bond acceptors (Lipinski definition) is 5. The number of nitriles is 1. The molecule has 1 amide bonds. The molecule has 2 aliphatic rings. The average molecular weight is 416 g/mol. The number of hydrogen-bond donors (Lipinski definition) is 1. The van der Waals surface area contributed by atoms with Crippen LogP contribution in [-0.2, 0) is 27.7 Å². The summed E-state index contributed by atoms with van der Waals surface area (Å²) in [6.45, 7) is 0.321. The highest BCUT2D eigenvalue weighted by atomic mass is 32.2. The van der Waals surface area contributed by atoms with Crippen LogP contribution < -0.4 is 5.32 Å². The molecule has 4 rings (SSSR count). The number of carbonyl (C=O) groups is 1. The van der Waals surface area contributed by atoms with E-state index in [-0.39, 0.29) is 10.8 Å². The van der Waals surface area contributed by atoms with E-state index in [0.717, 1.165) is 31.2 Å². The topological polar surface area (TPSA) is 90.3 Å². The van der Waals surface area contributed by atoms with Crippen molar-refractivity contribution in [2.24, 2.45) is 0 Å². The predicted octanol–water partition coefficient (Wildman–Crippen LogP) is 3.29. The predicted molar refractivity (Wildman–Crippen MR) is 108 cm³/mol. The van der Waals surface area contributed by atoms with E-state index in [4.69, 9.17) is 0 Å². The van der Waals surface area contributed by atoms with Crippen LogP contribution in [-0.4, -0.2) is 31.2 Å². The maximum atomic E-state index is 13.0. The Balaban J connectivity index is 1.59. The summed E-state index contributed by atoms with van der Waals surface area (Å²) in [5.74, 6) is -0.355. The lowest BCUT2D eigenvalue weighted by Gasteiger charge is -2.23. The maximum Gasteiger partial charge on any atom is 0.243 e. The molecule has 1 aromatic heterocycles. The fourth-order valence-corrected chi connectivity index (χ4v) is 6.91. The second-order valence-electron chi connectivity index (χ2n) is 7.10. The lowest BCUT2D eigenvalue weighted by molar-refractivity contribution is -0.119. The lowest BCUT2D eigenvalue weighted by Crippen LogP contribution is -2.43. The number of carbonyl (C=O) groups excluding carboxylic acids is 1. The van der Waals surface area contributed by atoms with Gasteiger partial charge >= 0.3 is 0 Å². The third kappa shape index (κ3) is 3.34. The molecule has 1 aliphatic heterocycles. The molecule has 0 radical (unpaired) electrons. The molecule has 1 aliphatic carbocycles. The van der Waals surface area contributed by atoms with Crippen molar-refractivity contribution in [3.63, 3.8) is 0 Å². The van der Waals surface area contributed by atoms with Crippen LogP contribution in [0.2, 0.25) is 0 Å². The molecule has 1 unspecified atom stereocenters. The van der Waals surface area contributed by atoms with Crippen molar-refractivity contribution in [3.05, 3.63) is 46.3 Å². The minimum absolute atomic E-state index is 0.194. The number of sulfonamides is 1. The number of nitrogens with one attached hydrogen (secondary N) is 1. The molecule has 1 saturated heterocycles. The van der Waals surface area contributed by atoms with Gasteiger partial charge < -0.3 is 5.32 Å². The third-order valence-electron chi connectivity index (χ3n) is 5.38. The SMILES string of the molecule is N#Cc1c(NC(=O)C2CCCN2S(=O)(=O)c2ccccc2)sc2c1CCCC2. The van der Waals surface area contributed by atoms with Gasteiger partial charge in [0.15, 0.2) is 0 Å². The summed E-state index contributed by atoms with van der Waals surface area (Å²) in [6.07, 6.45) is 5.06. The lowest BCUT2D eigenvalue weighted by atomic mass is 9.96. The van der Waals surface area contributed by atoms with Crippen molar-refractivity contribution in [3.8, 4) is 6.07 Å². The van der Waals surface area contributed by atoms with Crippen molar-refractivity contribution in [1.82, 2.24) is 4.31 Å². The number of benzene rings is 1. The summed E-state index contributed by atoms with van der Waals surface area (Å²) in [4.78, 5) is 14.3. The summed E-state index contributed by atoms with van der Waals surface area (Å²) in [7, 11) is -3.73. The van der Waals surface area contributed by atoms with Gasteiger partial charge in [0.1, 0.15) is 17.1 Å². The van der Waals surface area contributed by atoms with Crippen LogP contribution in [0.15, 0.2) is 35.2 Å². The Morgan fingerprint density at radius 2 is 1.93 bits per heavy atom. The zero-order valence-electron chi connectivity index (χ0n) is 15.3. The Morgan fingerprint density at radius 1 is 1.18 bits per heavy atom. The molecule has 28 heavy (non-hydrogen) atoms. The van der Waals surface area contributed by atoms with Gasteiger partial charge in [-0.1, -0.05) is 18.2 Å². The standard InChI is InChI=1S/C20H21N3O3S2/c21-13-16-15-9-4-5-11-18(15)27-20(16)22-19(24)17-10-6-12-23(17)28(25,26)14-7-2-1-3-8-14/h1-3,7-8,17H,4-6,9-12H2,(H,22,24). The van der Waals surface area contributed by atoms with E-state index >= 15 is 0 Å². The molecule has 1 aromatic carbocycles. The van der Waals surface area contributed by atoms with Crippen molar-refractivity contribution in [1.29, 1.82) is 5.26 Å². The number of fused-ring (bicyclic) bond motifs is 1. The van der Waals surface area contributed by atoms with Gasteiger partial charge in [-0.3, -0.25) is 4.79 Å². The Morgan fingerprint density at radius 3 is 2.68 bits per heavy atom. The second-order valence-corrected chi connectivity index (χ2v) is 10.1. The smallest absolute Gasteiger partial charge is 0.243 e. The molecule has 146 valence electrons. The largest absolute Gasteiger partial charge is 0.315 e. The Kier molecular flexibility index (Phi) is 5.23. The first kappa shape index (κ1) is 19.1. The normalized spacial score (nSPS) is 19.8. The summed E-state index contributed by atoms with van der Waals surface area (Å²) >= 11 is 1.46. The van der Waals surface area contributed by atoms with E-state index in [9.17, 15) is 18.5 Å². The van der Waals surface area contributed by atoms with Crippen LogP contribution in [0.1, 0.15) is 41.7 Å². The molecular formula is C20H21N3O3S2. The first-order valence-corrected chi connectivity index (χ1v) is 11.7. The fourth-order valence-electron chi connectivity index (χ4n) is 3.99. The van der Waals surface area contributed by atoms with Gasteiger partial charge in [0.25, 0.3) is 0 Å². The second kappa shape index (κ2) is 7.66. The molecule has 0 bridgehead atoms. The first-order valence-electron chi connectivity index (χ1n) is 9.45. The number of amides is 1. The number of rotatable bonds is 4. The highest BCUT2D eigenvalue weighted by Gasteiger charge is 2.39. The quantitative estimate of drug-likeness (QED) is 0.830. The minimum Gasteiger partial charge on any atom is -0.315 e. The van der Waals surface area contributed by atoms with Crippen LogP contribution in [0.5, 0.6) is 0 Å². The number of thiophene rings is 1. The van der Waals surface area contributed by atoms with E-state index < -0.39 is 16.1 Å². The van der Waals surface area contributed by atoms with Gasteiger partial charge in [-0.2, -0.15) is 9.57 Å². The highest BCUT2D eigenvalue weighted by molar-refractivity contribution is 7.89. The van der Waals surface area contributed by atoms with Gasteiger partial charge in [-0.25, -0.2) is 8.42 Å². The van der Waals surface area contributed by atoms with Crippen LogP contribution in [0, 0.1) is 11.3 Å². The fraction of sp³-hybridized carbons (Fsp3) is 0.400. The maximum absolute atomic E-state index is 13.0. The zero-order valence-corrected chi connectivity index (χ0v) is 17.0. The molecule has 6 nitrogen and oxygen atoms in total. The van der Waals surface area contributed by atoms with Crippen LogP contribution in [0.4, 0.5) is 5.00 Å². The van der Waals surface area contributed by atoms with Gasteiger partial charge in [0, 0.05) is 11.4 Å². The molecule has 1 atom stereocenters. The van der Waals surface area contributed by atoms with Gasteiger partial charge in [-0.05, 0) is 56.2 Å². The molecular weight excluding hydrogens is 394 g/mol. The third-order valence-corrected chi connectivity index (χ3v) is 8.51. The minimum atomic E-state index is -3.73. The average Bonchev–Trinajstić information content (AvgIpc) is 3.33. The Hall–Kier alpha value is -2.21. The van der Waals surface area contributed by atoms with Crippen LogP contribution in [0.3, 0.4) is 0 Å². The molecule has 1 N–H and O–H groups in total. The van der Waals surface area contributed by atoms with E-state index in [1.807, 2.05) is 0 Å². The van der Waals surface area contributed by atoms with Gasteiger partial charge in [0.05, 0.1) is 10.5 Å². The monoisotopic (exact) mass is 415 g/mol. The number of anilines is 1. The summed E-state index contributed by atoms with van der Waals surface area (Å²) < 4.78 is 27.2. The first-order chi connectivity index (χ1) is 13.5. The van der Waals surface area contributed by atoms with Crippen molar-refractivity contribution in [2.75, 3.05) is 11.9 Å². The highest BCUT2D eigenvalue weighted by Crippen LogP contribution is 2.38. The van der Waals surface area contributed by atoms with Crippen molar-refractivity contribution in [2.45, 2.75) is 49.5 Å². The van der Waals surface area contributed by atoms with Crippen LogP contribution >= 0.6 is 11.3 Å². The Labute approximate surface area is 168 Å². The number of aryl methyl sites for hydroxylation is 1. The molecule has 2 aromatic rings. The molecule has 1 fully saturated rings. The van der Waals surface area contributed by atoms with E-state index in [1.165, 1.54) is 20.5 Å². The molecule has 2 heterocycles. The number of nitrogens with zero attached hydrogens (tertiary/aromatic N) is 2. The summed E-state index contributed by atoms with van der Waals surface area (Å²) in [5, 5.41) is 13.0. The molecule has 8 heteroatoms. The molecule has 0 saturated carbocycles. The Bertz CT molecular complexity index is 1040. The summed E-state index contributed by atoms with van der Waals surface area (Å²) in [5.41, 5.74) is 1.60. The van der Waals surface area contributed by atoms with Gasteiger partial charge in [-0.15, -0.1) is 11.3 Å². The van der Waals surface area contributed by atoms with Gasteiger partial charge in [0.2, 0.25) is 15.9 Å². The zero-order chi connectivity index (χ0) is 19.7. The van der Waals surface area contributed by atoms with Crippen LogP contribution in [0.25, 0.3) is 0 Å². The van der Waals surface area contributed by atoms with Crippen molar-refractivity contribution < 1.29 is 13.2 Å². The van der Waals surface area contributed by atoms with E-state index in [1.54, 1.807) is 30.3 Å². The van der Waals surface area contributed by atoms with E-state index in [0.29, 0.717) is 30.0 Å². The van der Waals surface area contributed by atoms with Crippen molar-refractivity contribution >= 4 is 32.3 Å². The van der Waals surface area contributed by atoms with E-state index in [2.05, 4.69) is 11.4 Å². The summed E-state index contributed by atoms with van der Waals surface area (Å²) in [6, 6.07) is 9.67. The molecule has 0 spiro atoms.